The molecule has 134 valence electrons. The van der Waals surface area contributed by atoms with Gasteiger partial charge in [-0.3, -0.25) is 4.79 Å². The van der Waals surface area contributed by atoms with Crippen molar-refractivity contribution >= 4 is 23.0 Å². The minimum atomic E-state index is -0.349. The standard InChI is InChI=1S/C19H19N3O4/c1-24-14-6-4-5-12(7-14)11-20-22-19(23)16-8-13-9-17(25-2)18(26-3)10-15(13)21-16/h4-11,21H,1-3H3,(H,22,23)/b20-11-. The Labute approximate surface area is 150 Å². The van der Waals surface area contributed by atoms with E-state index in [1.165, 1.54) is 0 Å². The summed E-state index contributed by atoms with van der Waals surface area (Å²) in [5.41, 5.74) is 4.47. The van der Waals surface area contributed by atoms with Crippen LogP contribution in [0.1, 0.15) is 16.1 Å². The summed E-state index contributed by atoms with van der Waals surface area (Å²) < 4.78 is 15.7. The first-order valence-electron chi connectivity index (χ1n) is 7.87. The summed E-state index contributed by atoms with van der Waals surface area (Å²) in [4.78, 5) is 15.3. The van der Waals surface area contributed by atoms with Gasteiger partial charge in [0.15, 0.2) is 11.5 Å². The Morgan fingerprint density at radius 3 is 2.54 bits per heavy atom. The number of methoxy groups -OCH3 is 3. The Kier molecular flexibility index (Phi) is 5.07. The molecule has 3 aromatic rings. The van der Waals surface area contributed by atoms with Crippen molar-refractivity contribution in [2.75, 3.05) is 21.3 Å². The number of fused-ring (bicyclic) bond motifs is 1. The van der Waals surface area contributed by atoms with Gasteiger partial charge in [0.1, 0.15) is 11.4 Å². The summed E-state index contributed by atoms with van der Waals surface area (Å²) in [7, 11) is 4.72. The number of aromatic nitrogens is 1. The SMILES string of the molecule is COc1cccc(/C=N\NC(=O)c2cc3cc(OC)c(OC)cc3[nH]2)c1. The maximum Gasteiger partial charge on any atom is 0.287 e. The van der Waals surface area contributed by atoms with Crippen LogP contribution in [0.15, 0.2) is 47.6 Å². The van der Waals surface area contributed by atoms with Gasteiger partial charge in [-0.25, -0.2) is 5.43 Å². The van der Waals surface area contributed by atoms with Crippen LogP contribution in [-0.4, -0.2) is 38.4 Å². The van der Waals surface area contributed by atoms with Gasteiger partial charge in [-0.15, -0.1) is 0 Å². The predicted octanol–water partition coefficient (Wildman–Crippen LogP) is 2.96. The molecule has 1 heterocycles. The number of rotatable bonds is 6. The minimum Gasteiger partial charge on any atom is -0.497 e. The number of nitrogens with one attached hydrogen (secondary N) is 2. The normalized spacial score (nSPS) is 10.9. The first kappa shape index (κ1) is 17.3. The number of benzene rings is 2. The zero-order valence-electron chi connectivity index (χ0n) is 14.7. The molecule has 0 fully saturated rings. The second-order valence-electron chi connectivity index (χ2n) is 5.45. The third kappa shape index (κ3) is 3.61. The summed E-state index contributed by atoms with van der Waals surface area (Å²) in [6.45, 7) is 0. The fraction of sp³-hybridized carbons (Fsp3) is 0.158. The first-order chi connectivity index (χ1) is 12.6. The van der Waals surface area contributed by atoms with Crippen molar-refractivity contribution in [3.8, 4) is 17.2 Å². The number of amides is 1. The number of hydrogen-bond acceptors (Lipinski definition) is 5. The molecule has 2 N–H and O–H groups in total. The van der Waals surface area contributed by atoms with Gasteiger partial charge in [-0.2, -0.15) is 5.10 Å². The van der Waals surface area contributed by atoms with Crippen LogP contribution in [0.5, 0.6) is 17.2 Å². The van der Waals surface area contributed by atoms with E-state index in [-0.39, 0.29) is 5.91 Å². The number of hydrogen-bond donors (Lipinski definition) is 2. The quantitative estimate of drug-likeness (QED) is 0.527. The van der Waals surface area contributed by atoms with E-state index in [0.29, 0.717) is 17.2 Å². The fourth-order valence-corrected chi connectivity index (χ4v) is 2.53. The largest absolute Gasteiger partial charge is 0.497 e. The molecule has 1 amide bonds. The second-order valence-corrected chi connectivity index (χ2v) is 5.45. The molecule has 26 heavy (non-hydrogen) atoms. The maximum atomic E-state index is 12.3. The lowest BCUT2D eigenvalue weighted by Crippen LogP contribution is -2.17. The average Bonchev–Trinajstić information content (AvgIpc) is 3.09. The van der Waals surface area contributed by atoms with Gasteiger partial charge in [0.05, 0.1) is 27.5 Å². The Hall–Kier alpha value is -3.48. The highest BCUT2D eigenvalue weighted by Gasteiger charge is 2.12. The molecule has 0 aliphatic heterocycles. The van der Waals surface area contributed by atoms with Crippen molar-refractivity contribution < 1.29 is 19.0 Å². The van der Waals surface area contributed by atoms with Gasteiger partial charge in [0.2, 0.25) is 0 Å². The lowest BCUT2D eigenvalue weighted by atomic mass is 10.2. The van der Waals surface area contributed by atoms with E-state index in [2.05, 4.69) is 15.5 Å². The van der Waals surface area contributed by atoms with E-state index in [4.69, 9.17) is 14.2 Å². The highest BCUT2D eigenvalue weighted by Crippen LogP contribution is 2.32. The number of carbonyl (C=O) groups excluding carboxylic acids is 1. The molecule has 0 atom stereocenters. The van der Waals surface area contributed by atoms with E-state index < -0.39 is 0 Å². The Morgan fingerprint density at radius 2 is 1.81 bits per heavy atom. The van der Waals surface area contributed by atoms with Gasteiger partial charge in [-0.1, -0.05) is 12.1 Å². The molecule has 0 saturated heterocycles. The van der Waals surface area contributed by atoms with E-state index in [1.54, 1.807) is 45.7 Å². The average molecular weight is 353 g/mol. The van der Waals surface area contributed by atoms with Crippen LogP contribution in [-0.2, 0) is 0 Å². The molecular formula is C19H19N3O4. The zero-order chi connectivity index (χ0) is 18.5. The predicted molar refractivity (Wildman–Crippen MR) is 99.5 cm³/mol. The summed E-state index contributed by atoms with van der Waals surface area (Å²) in [5, 5.41) is 4.82. The Morgan fingerprint density at radius 1 is 1.04 bits per heavy atom. The van der Waals surface area contributed by atoms with Gasteiger partial charge in [0.25, 0.3) is 5.91 Å². The molecule has 0 aliphatic rings. The van der Waals surface area contributed by atoms with Crippen molar-refractivity contribution in [1.29, 1.82) is 0 Å². The summed E-state index contributed by atoms with van der Waals surface area (Å²) in [5.74, 6) is 1.56. The van der Waals surface area contributed by atoms with Crippen LogP contribution < -0.4 is 19.6 Å². The lowest BCUT2D eigenvalue weighted by Gasteiger charge is -2.06. The van der Waals surface area contributed by atoms with Gasteiger partial charge in [-0.05, 0) is 29.8 Å². The number of aromatic amines is 1. The summed E-state index contributed by atoms with van der Waals surface area (Å²) in [6, 6.07) is 12.7. The van der Waals surface area contributed by atoms with Crippen LogP contribution in [0.2, 0.25) is 0 Å². The van der Waals surface area contributed by atoms with Gasteiger partial charge < -0.3 is 19.2 Å². The number of H-pyrrole nitrogens is 1. The van der Waals surface area contributed by atoms with Crippen LogP contribution in [0.4, 0.5) is 0 Å². The molecule has 3 rings (SSSR count). The van der Waals surface area contributed by atoms with E-state index in [0.717, 1.165) is 22.2 Å². The molecule has 1 aromatic heterocycles. The number of hydrazone groups is 1. The third-order valence-corrected chi connectivity index (χ3v) is 3.84. The van der Waals surface area contributed by atoms with Crippen molar-refractivity contribution in [3.05, 3.63) is 53.7 Å². The third-order valence-electron chi connectivity index (χ3n) is 3.84. The van der Waals surface area contributed by atoms with Crippen molar-refractivity contribution in [2.45, 2.75) is 0 Å². The smallest absolute Gasteiger partial charge is 0.287 e. The molecule has 7 nitrogen and oxygen atoms in total. The van der Waals surface area contributed by atoms with Crippen LogP contribution in [0, 0.1) is 0 Å². The topological polar surface area (TPSA) is 84.9 Å². The van der Waals surface area contributed by atoms with Crippen molar-refractivity contribution in [1.82, 2.24) is 10.4 Å². The minimum absolute atomic E-state index is 0.349. The van der Waals surface area contributed by atoms with E-state index in [1.807, 2.05) is 24.3 Å². The van der Waals surface area contributed by atoms with Crippen LogP contribution >= 0.6 is 0 Å². The molecule has 0 aliphatic carbocycles. The number of ether oxygens (including phenoxy) is 3. The summed E-state index contributed by atoms with van der Waals surface area (Å²) >= 11 is 0. The number of nitrogens with zero attached hydrogens (tertiary/aromatic N) is 1. The lowest BCUT2D eigenvalue weighted by molar-refractivity contribution is 0.0951. The molecule has 0 saturated carbocycles. The van der Waals surface area contributed by atoms with E-state index in [9.17, 15) is 4.79 Å². The highest BCUT2D eigenvalue weighted by molar-refractivity contribution is 5.99. The second kappa shape index (κ2) is 7.60. The Balaban J connectivity index is 1.76. The molecule has 0 radical (unpaired) electrons. The molecule has 0 unspecified atom stereocenters. The van der Waals surface area contributed by atoms with Gasteiger partial charge >= 0.3 is 0 Å². The molecule has 2 aromatic carbocycles. The molecule has 7 heteroatoms. The van der Waals surface area contributed by atoms with Crippen LogP contribution in [0.25, 0.3) is 10.9 Å². The number of carbonyl (C=O) groups is 1. The first-order valence-corrected chi connectivity index (χ1v) is 7.87. The van der Waals surface area contributed by atoms with E-state index >= 15 is 0 Å². The monoisotopic (exact) mass is 353 g/mol. The maximum absolute atomic E-state index is 12.3. The van der Waals surface area contributed by atoms with Crippen LogP contribution in [0.3, 0.4) is 0 Å². The molecule has 0 bridgehead atoms. The summed E-state index contributed by atoms with van der Waals surface area (Å²) in [6.07, 6.45) is 1.55. The van der Waals surface area contributed by atoms with Crippen molar-refractivity contribution in [2.24, 2.45) is 5.10 Å². The fourth-order valence-electron chi connectivity index (χ4n) is 2.53. The Bertz CT molecular complexity index is 922. The zero-order valence-corrected chi connectivity index (χ0v) is 14.7. The molecule has 0 spiro atoms. The van der Waals surface area contributed by atoms with Crippen molar-refractivity contribution in [3.63, 3.8) is 0 Å². The van der Waals surface area contributed by atoms with Gasteiger partial charge in [0, 0.05) is 17.0 Å². The molecular weight excluding hydrogens is 334 g/mol. The highest BCUT2D eigenvalue weighted by atomic mass is 16.5.